The Balaban J connectivity index is 4.84. The van der Waals surface area contributed by atoms with E-state index in [0.717, 1.165) is 25.7 Å². The molecule has 0 radical (unpaired) electrons. The molecule has 0 aliphatic heterocycles. The summed E-state index contributed by atoms with van der Waals surface area (Å²) >= 11 is 6.36. The summed E-state index contributed by atoms with van der Waals surface area (Å²) in [5.74, 6) is 0.333. The summed E-state index contributed by atoms with van der Waals surface area (Å²) in [6, 6.07) is 0. The molecule has 0 spiro atoms. The van der Waals surface area contributed by atoms with E-state index >= 15 is 0 Å². The predicted octanol–water partition coefficient (Wildman–Crippen LogP) is 4.38. The summed E-state index contributed by atoms with van der Waals surface area (Å²) in [6.45, 7) is 12.3. The molecule has 0 aromatic carbocycles. The molecule has 0 amide bonds. The SMILES string of the molecule is C=C[C@](CC)(CCC)[C@H](O)[C@H](Cl)[C@@H](C)CC. The third kappa shape index (κ3) is 3.49. The quantitative estimate of drug-likeness (QED) is 0.498. The Morgan fingerprint density at radius 1 is 1.38 bits per heavy atom. The zero-order valence-electron chi connectivity index (χ0n) is 11.2. The van der Waals surface area contributed by atoms with Crippen LogP contribution in [0.1, 0.15) is 53.4 Å². The molecular formula is C14H27ClO. The molecule has 96 valence electrons. The molecule has 16 heavy (non-hydrogen) atoms. The fraction of sp³-hybridized carbons (Fsp3) is 0.857. The zero-order valence-corrected chi connectivity index (χ0v) is 11.9. The minimum atomic E-state index is -0.494. The molecule has 0 saturated heterocycles. The molecular weight excluding hydrogens is 220 g/mol. The van der Waals surface area contributed by atoms with Crippen LogP contribution >= 0.6 is 11.6 Å². The van der Waals surface area contributed by atoms with Gasteiger partial charge in [0.2, 0.25) is 0 Å². The molecule has 0 heterocycles. The lowest BCUT2D eigenvalue weighted by molar-refractivity contribution is 0.0336. The van der Waals surface area contributed by atoms with Gasteiger partial charge in [-0.15, -0.1) is 18.2 Å². The molecule has 0 saturated carbocycles. The van der Waals surface area contributed by atoms with E-state index in [-0.39, 0.29) is 10.8 Å². The zero-order chi connectivity index (χ0) is 12.8. The van der Waals surface area contributed by atoms with Crippen molar-refractivity contribution in [2.45, 2.75) is 64.9 Å². The molecule has 0 aliphatic rings. The van der Waals surface area contributed by atoms with Crippen molar-refractivity contribution in [3.05, 3.63) is 12.7 Å². The van der Waals surface area contributed by atoms with Crippen LogP contribution < -0.4 is 0 Å². The molecule has 4 atom stereocenters. The Labute approximate surface area is 106 Å². The monoisotopic (exact) mass is 246 g/mol. The van der Waals surface area contributed by atoms with Crippen LogP contribution in [0.5, 0.6) is 0 Å². The highest BCUT2D eigenvalue weighted by atomic mass is 35.5. The third-order valence-corrected chi connectivity index (χ3v) is 4.53. The maximum atomic E-state index is 10.5. The summed E-state index contributed by atoms with van der Waals surface area (Å²) in [5.41, 5.74) is -0.218. The fourth-order valence-corrected chi connectivity index (χ4v) is 2.65. The van der Waals surface area contributed by atoms with E-state index in [1.54, 1.807) is 0 Å². The third-order valence-electron chi connectivity index (χ3n) is 3.86. The minimum Gasteiger partial charge on any atom is -0.391 e. The molecule has 0 rings (SSSR count). The summed E-state index contributed by atoms with van der Waals surface area (Å²) in [7, 11) is 0. The highest BCUT2D eigenvalue weighted by Crippen LogP contribution is 2.38. The van der Waals surface area contributed by atoms with Gasteiger partial charge in [0, 0.05) is 5.41 Å². The van der Waals surface area contributed by atoms with Gasteiger partial charge in [-0.25, -0.2) is 0 Å². The topological polar surface area (TPSA) is 20.2 Å². The first-order valence-corrected chi connectivity index (χ1v) is 6.88. The maximum Gasteiger partial charge on any atom is 0.0796 e. The normalized spacial score (nSPS) is 20.9. The average molecular weight is 247 g/mol. The van der Waals surface area contributed by atoms with Gasteiger partial charge in [0.05, 0.1) is 11.5 Å². The second kappa shape index (κ2) is 7.34. The molecule has 2 heteroatoms. The lowest BCUT2D eigenvalue weighted by Crippen LogP contribution is -2.42. The highest BCUT2D eigenvalue weighted by molar-refractivity contribution is 6.21. The van der Waals surface area contributed by atoms with E-state index < -0.39 is 6.10 Å². The van der Waals surface area contributed by atoms with Gasteiger partial charge < -0.3 is 5.11 Å². The van der Waals surface area contributed by atoms with E-state index in [1.807, 2.05) is 6.08 Å². The molecule has 0 unspecified atom stereocenters. The summed E-state index contributed by atoms with van der Waals surface area (Å²) in [6.07, 6.45) is 5.29. The van der Waals surface area contributed by atoms with Crippen LogP contribution in [0.3, 0.4) is 0 Å². The second-order valence-electron chi connectivity index (χ2n) is 4.82. The van der Waals surface area contributed by atoms with E-state index in [4.69, 9.17) is 11.6 Å². The van der Waals surface area contributed by atoms with Crippen molar-refractivity contribution in [1.29, 1.82) is 0 Å². The van der Waals surface area contributed by atoms with Crippen molar-refractivity contribution in [3.8, 4) is 0 Å². The first-order chi connectivity index (χ1) is 7.48. The van der Waals surface area contributed by atoms with Gasteiger partial charge in [-0.1, -0.05) is 46.6 Å². The number of halogens is 1. The highest BCUT2D eigenvalue weighted by Gasteiger charge is 2.38. The van der Waals surface area contributed by atoms with Gasteiger partial charge in [-0.3, -0.25) is 0 Å². The van der Waals surface area contributed by atoms with Gasteiger partial charge in [0.15, 0.2) is 0 Å². The molecule has 0 aliphatic carbocycles. The van der Waals surface area contributed by atoms with E-state index in [1.165, 1.54) is 0 Å². The largest absolute Gasteiger partial charge is 0.391 e. The Kier molecular flexibility index (Phi) is 7.34. The molecule has 1 N–H and O–H groups in total. The Morgan fingerprint density at radius 2 is 1.94 bits per heavy atom. The first kappa shape index (κ1) is 16.0. The van der Waals surface area contributed by atoms with Crippen molar-refractivity contribution in [3.63, 3.8) is 0 Å². The summed E-state index contributed by atoms with van der Waals surface area (Å²) in [5, 5.41) is 10.3. The van der Waals surface area contributed by atoms with Crippen LogP contribution in [-0.4, -0.2) is 16.6 Å². The molecule has 0 bridgehead atoms. The predicted molar refractivity (Wildman–Crippen MR) is 72.9 cm³/mol. The Hall–Kier alpha value is -0.0100. The lowest BCUT2D eigenvalue weighted by Gasteiger charge is -2.38. The van der Waals surface area contributed by atoms with Crippen LogP contribution in [0.4, 0.5) is 0 Å². The number of hydrogen-bond acceptors (Lipinski definition) is 1. The van der Waals surface area contributed by atoms with E-state index in [0.29, 0.717) is 5.92 Å². The van der Waals surface area contributed by atoms with Gasteiger partial charge in [-0.2, -0.15) is 0 Å². The molecule has 0 aromatic rings. The first-order valence-electron chi connectivity index (χ1n) is 6.44. The van der Waals surface area contributed by atoms with Gasteiger partial charge in [0.1, 0.15) is 0 Å². The van der Waals surface area contributed by atoms with Crippen molar-refractivity contribution >= 4 is 11.6 Å². The number of rotatable bonds is 8. The summed E-state index contributed by atoms with van der Waals surface area (Å²) in [4.78, 5) is 0. The van der Waals surface area contributed by atoms with Crippen LogP contribution in [0.15, 0.2) is 12.7 Å². The van der Waals surface area contributed by atoms with Gasteiger partial charge in [-0.05, 0) is 18.8 Å². The van der Waals surface area contributed by atoms with Crippen LogP contribution in [0, 0.1) is 11.3 Å². The van der Waals surface area contributed by atoms with Gasteiger partial charge in [0.25, 0.3) is 0 Å². The molecule has 0 aromatic heterocycles. The van der Waals surface area contributed by atoms with Crippen LogP contribution in [-0.2, 0) is 0 Å². The van der Waals surface area contributed by atoms with Crippen molar-refractivity contribution < 1.29 is 5.11 Å². The minimum absolute atomic E-state index is 0.186. The Morgan fingerprint density at radius 3 is 2.25 bits per heavy atom. The van der Waals surface area contributed by atoms with Crippen molar-refractivity contribution in [2.24, 2.45) is 11.3 Å². The molecule has 1 nitrogen and oxygen atoms in total. The molecule has 0 fully saturated rings. The number of hydrogen-bond donors (Lipinski definition) is 1. The summed E-state index contributed by atoms with van der Waals surface area (Å²) < 4.78 is 0. The standard InChI is InChI=1S/C14H27ClO/c1-6-10-14(8-3,9-4)13(16)12(15)11(5)7-2/h8,11-13,16H,3,6-7,9-10H2,1-2,4-5H3/t11-,12+,13+,14-/m0/s1. The van der Waals surface area contributed by atoms with Gasteiger partial charge >= 0.3 is 0 Å². The van der Waals surface area contributed by atoms with Crippen molar-refractivity contribution in [1.82, 2.24) is 0 Å². The van der Waals surface area contributed by atoms with Crippen LogP contribution in [0.2, 0.25) is 0 Å². The van der Waals surface area contributed by atoms with Crippen molar-refractivity contribution in [2.75, 3.05) is 0 Å². The number of aliphatic hydroxyl groups is 1. The Bertz CT molecular complexity index is 205. The average Bonchev–Trinajstić information content (AvgIpc) is 2.33. The number of aliphatic hydroxyl groups excluding tert-OH is 1. The fourth-order valence-electron chi connectivity index (χ4n) is 2.22. The smallest absolute Gasteiger partial charge is 0.0796 e. The maximum absolute atomic E-state index is 10.5. The second-order valence-corrected chi connectivity index (χ2v) is 5.32. The van der Waals surface area contributed by atoms with E-state index in [2.05, 4.69) is 34.3 Å². The van der Waals surface area contributed by atoms with Crippen LogP contribution in [0.25, 0.3) is 0 Å². The van der Waals surface area contributed by atoms with E-state index in [9.17, 15) is 5.11 Å². The number of alkyl halides is 1. The lowest BCUT2D eigenvalue weighted by atomic mass is 9.73.